The van der Waals surface area contributed by atoms with E-state index in [1.165, 1.54) is 28.9 Å². The van der Waals surface area contributed by atoms with Gasteiger partial charge in [-0.3, -0.25) is 4.79 Å². The van der Waals surface area contributed by atoms with Crippen molar-refractivity contribution in [2.45, 2.75) is 25.6 Å². The Morgan fingerprint density at radius 2 is 1.94 bits per heavy atom. The third-order valence-electron chi connectivity index (χ3n) is 5.12. The minimum Gasteiger partial charge on any atom is -0.545 e. The number of aromatic nitrogens is 4. The summed E-state index contributed by atoms with van der Waals surface area (Å²) < 4.78 is 8.55. The molecule has 1 unspecified atom stereocenters. The zero-order valence-corrected chi connectivity index (χ0v) is 21.7. The number of hydrogen-bond acceptors (Lipinski definition) is 8. The molecule has 4 aromatic rings. The Hall–Kier alpha value is -2.54. The van der Waals surface area contributed by atoms with Crippen molar-refractivity contribution in [3.05, 3.63) is 82.1 Å². The van der Waals surface area contributed by atoms with Gasteiger partial charge in [0, 0.05) is 18.6 Å². The van der Waals surface area contributed by atoms with Crippen molar-refractivity contribution >= 4 is 23.0 Å². The van der Waals surface area contributed by atoms with Crippen LogP contribution in [0.25, 0.3) is 11.0 Å². The Kier molecular flexibility index (Phi) is 9.00. The van der Waals surface area contributed by atoms with Gasteiger partial charge in [0.15, 0.2) is 0 Å². The number of benzene rings is 2. The van der Waals surface area contributed by atoms with Crippen LogP contribution in [0.4, 0.5) is 5.95 Å². The average Bonchev–Trinajstić information content (AvgIpc) is 3.11. The number of nitrogen functional groups attached to an aromatic ring is 1. The van der Waals surface area contributed by atoms with E-state index in [0.717, 1.165) is 11.0 Å². The number of carboxylic acids is 1. The van der Waals surface area contributed by atoms with Gasteiger partial charge in [-0.15, -0.1) is 5.10 Å². The number of rotatable bonds is 9. The van der Waals surface area contributed by atoms with Crippen LogP contribution in [0.5, 0.6) is 5.88 Å². The Morgan fingerprint density at radius 1 is 1.15 bits per heavy atom. The van der Waals surface area contributed by atoms with Crippen LogP contribution in [0.1, 0.15) is 22.3 Å². The molecule has 0 aliphatic carbocycles. The standard InChI is InChI=1S/C23H23N5O5.K/c24-23-25-18-6-1-2-7-19(18)27(23)14-17(29)10-11-33-20-8-9-21(30)28(26-20)13-15-4-3-5-16(12-15)22(31)32;/h1-9,12,17,29H,10-11,13-14H2,(H2,24,25)(H,31,32);/q;+1/p-1. The average molecular weight is 488 g/mol. The number of aromatic carboxylic acids is 1. The predicted molar refractivity (Wildman–Crippen MR) is 119 cm³/mol. The summed E-state index contributed by atoms with van der Waals surface area (Å²) >= 11 is 0. The van der Waals surface area contributed by atoms with E-state index in [2.05, 4.69) is 10.1 Å². The number of hydrogen-bond donors (Lipinski definition) is 2. The summed E-state index contributed by atoms with van der Waals surface area (Å²) in [5.41, 5.74) is 7.82. The maximum Gasteiger partial charge on any atom is 1.00 e. The van der Waals surface area contributed by atoms with Gasteiger partial charge >= 0.3 is 51.4 Å². The van der Waals surface area contributed by atoms with E-state index in [-0.39, 0.29) is 88.1 Å². The van der Waals surface area contributed by atoms with E-state index in [9.17, 15) is 19.8 Å². The van der Waals surface area contributed by atoms with Crippen molar-refractivity contribution in [2.24, 2.45) is 0 Å². The van der Waals surface area contributed by atoms with Crippen molar-refractivity contribution in [1.29, 1.82) is 0 Å². The van der Waals surface area contributed by atoms with Gasteiger partial charge in [-0.25, -0.2) is 9.67 Å². The molecule has 0 aliphatic rings. The van der Waals surface area contributed by atoms with Crippen LogP contribution in [-0.2, 0) is 13.1 Å². The Balaban J connectivity index is 0.00000324. The molecule has 1 atom stereocenters. The molecule has 0 fully saturated rings. The second-order valence-electron chi connectivity index (χ2n) is 7.52. The summed E-state index contributed by atoms with van der Waals surface area (Å²) in [5.74, 6) is -0.753. The minimum absolute atomic E-state index is 0. The molecular weight excluding hydrogens is 465 g/mol. The summed E-state index contributed by atoms with van der Waals surface area (Å²) in [6.07, 6.45) is -0.427. The van der Waals surface area contributed by atoms with Crippen molar-refractivity contribution in [3.8, 4) is 5.88 Å². The molecule has 34 heavy (non-hydrogen) atoms. The molecule has 4 rings (SSSR count). The van der Waals surface area contributed by atoms with Crippen LogP contribution >= 0.6 is 0 Å². The third-order valence-corrected chi connectivity index (χ3v) is 5.12. The van der Waals surface area contributed by atoms with Crippen LogP contribution in [-0.4, -0.2) is 43.1 Å². The number of carboxylic acid groups (broad SMARTS) is 1. The largest absolute Gasteiger partial charge is 1.00 e. The van der Waals surface area contributed by atoms with E-state index in [4.69, 9.17) is 10.5 Å². The summed E-state index contributed by atoms with van der Waals surface area (Å²) in [4.78, 5) is 27.5. The molecule has 0 aliphatic heterocycles. The number of fused-ring (bicyclic) bond motifs is 1. The maximum atomic E-state index is 12.1. The van der Waals surface area contributed by atoms with Crippen LogP contribution < -0.4 is 72.5 Å². The van der Waals surface area contributed by atoms with Gasteiger partial charge in [0.2, 0.25) is 11.8 Å². The van der Waals surface area contributed by atoms with Gasteiger partial charge in [0.05, 0.1) is 42.8 Å². The van der Waals surface area contributed by atoms with E-state index in [0.29, 0.717) is 17.9 Å². The molecule has 0 saturated heterocycles. The predicted octanol–water partition coefficient (Wildman–Crippen LogP) is -2.58. The number of imidazole rings is 1. The first kappa shape index (κ1) is 26.1. The number of aliphatic hydroxyl groups is 1. The summed E-state index contributed by atoms with van der Waals surface area (Å²) in [7, 11) is 0. The van der Waals surface area contributed by atoms with Gasteiger partial charge in [0.1, 0.15) is 0 Å². The molecule has 0 saturated carbocycles. The zero-order chi connectivity index (χ0) is 23.4. The van der Waals surface area contributed by atoms with Crippen molar-refractivity contribution in [1.82, 2.24) is 19.3 Å². The molecule has 0 spiro atoms. The van der Waals surface area contributed by atoms with Gasteiger partial charge < -0.3 is 30.0 Å². The Labute approximate surface area is 237 Å². The van der Waals surface area contributed by atoms with Crippen molar-refractivity contribution in [2.75, 3.05) is 12.3 Å². The summed E-state index contributed by atoms with van der Waals surface area (Å²) in [5, 5.41) is 25.6. The first-order chi connectivity index (χ1) is 15.9. The molecule has 0 radical (unpaired) electrons. The monoisotopic (exact) mass is 487 g/mol. The van der Waals surface area contributed by atoms with Crippen LogP contribution in [0.15, 0.2) is 65.5 Å². The number of ether oxygens (including phenoxy) is 1. The number of carbonyl (C=O) groups excluding carboxylic acids is 1. The fraction of sp³-hybridized carbons (Fsp3) is 0.217. The number of nitrogens with zero attached hydrogens (tertiary/aromatic N) is 4. The molecule has 0 amide bonds. The molecule has 2 aromatic carbocycles. The molecule has 2 aromatic heterocycles. The first-order valence-electron chi connectivity index (χ1n) is 10.3. The quantitative estimate of drug-likeness (QED) is 0.245. The van der Waals surface area contributed by atoms with E-state index in [1.54, 1.807) is 16.7 Å². The number of carbonyl (C=O) groups is 1. The van der Waals surface area contributed by atoms with Crippen LogP contribution in [0, 0.1) is 0 Å². The molecular formula is C23H22KN5O5. The molecule has 170 valence electrons. The van der Waals surface area contributed by atoms with Gasteiger partial charge in [0.25, 0.3) is 5.56 Å². The van der Waals surface area contributed by atoms with Crippen LogP contribution in [0.2, 0.25) is 0 Å². The van der Waals surface area contributed by atoms with E-state index >= 15 is 0 Å². The zero-order valence-electron chi connectivity index (χ0n) is 18.6. The van der Waals surface area contributed by atoms with Gasteiger partial charge in [-0.2, -0.15) is 0 Å². The van der Waals surface area contributed by atoms with Crippen molar-refractivity contribution in [3.63, 3.8) is 0 Å². The first-order valence-corrected chi connectivity index (χ1v) is 10.3. The third kappa shape index (κ3) is 6.32. The number of nitrogens with two attached hydrogens (primary N) is 1. The molecule has 0 bridgehead atoms. The van der Waals surface area contributed by atoms with E-state index in [1.807, 2.05) is 24.3 Å². The Morgan fingerprint density at radius 3 is 2.74 bits per heavy atom. The smallest absolute Gasteiger partial charge is 0.545 e. The molecule has 10 nitrogen and oxygen atoms in total. The van der Waals surface area contributed by atoms with Crippen LogP contribution in [0.3, 0.4) is 0 Å². The second-order valence-corrected chi connectivity index (χ2v) is 7.52. The number of aliphatic hydroxyl groups excluding tert-OH is 1. The summed E-state index contributed by atoms with van der Waals surface area (Å²) in [6, 6.07) is 16.4. The summed E-state index contributed by atoms with van der Waals surface area (Å²) in [6.45, 7) is 0.503. The fourth-order valence-corrected chi connectivity index (χ4v) is 3.48. The molecule has 3 N–H and O–H groups in total. The minimum atomic E-state index is -1.29. The SMILES string of the molecule is Nc1nc2ccccc2n1CC(O)CCOc1ccc(=O)n(Cc2cccc(C(=O)[O-])c2)n1.[K+]. The number of anilines is 1. The second kappa shape index (κ2) is 11.7. The van der Waals surface area contributed by atoms with Gasteiger partial charge in [-0.05, 0) is 29.3 Å². The normalized spacial score (nSPS) is 11.7. The molecule has 11 heteroatoms. The molecule has 2 heterocycles. The maximum absolute atomic E-state index is 12.1. The topological polar surface area (TPSA) is 148 Å². The van der Waals surface area contributed by atoms with Crippen molar-refractivity contribution < 1.29 is 71.1 Å². The Bertz CT molecular complexity index is 1350. The van der Waals surface area contributed by atoms with Gasteiger partial charge in [-0.1, -0.05) is 30.3 Å². The fourth-order valence-electron chi connectivity index (χ4n) is 3.48. The van der Waals surface area contributed by atoms with E-state index < -0.39 is 12.1 Å². The number of para-hydroxylation sites is 2.